The van der Waals surface area contributed by atoms with Crippen LogP contribution < -0.4 is 4.74 Å². The van der Waals surface area contributed by atoms with E-state index in [1.807, 2.05) is 30.3 Å². The van der Waals surface area contributed by atoms with Crippen LogP contribution in [0.4, 0.5) is 0 Å². The van der Waals surface area contributed by atoms with E-state index >= 15 is 0 Å². The zero-order valence-corrected chi connectivity index (χ0v) is 14.1. The number of hydrogen-bond donors (Lipinski definition) is 0. The number of nitrogens with zero attached hydrogens (tertiary/aromatic N) is 1. The second-order valence-electron chi connectivity index (χ2n) is 5.17. The third-order valence-electron chi connectivity index (χ3n) is 3.64. The fourth-order valence-corrected chi connectivity index (χ4v) is 2.64. The summed E-state index contributed by atoms with van der Waals surface area (Å²) in [5.41, 5.74) is 2.52. The molecule has 0 aliphatic carbocycles. The van der Waals surface area contributed by atoms with E-state index in [4.69, 9.17) is 21.1 Å². The van der Waals surface area contributed by atoms with Gasteiger partial charge in [0.05, 0.1) is 30.5 Å². The van der Waals surface area contributed by atoms with Gasteiger partial charge in [-0.05, 0) is 49.4 Å². The molecule has 0 saturated carbocycles. The number of hydrogen-bond acceptors (Lipinski definition) is 4. The first-order chi connectivity index (χ1) is 11.6. The maximum absolute atomic E-state index is 12.4. The number of carbonyl (C=O) groups excluding carboxylic acids is 1. The highest BCUT2D eigenvalue weighted by Gasteiger charge is 2.17. The van der Waals surface area contributed by atoms with Gasteiger partial charge in [0.1, 0.15) is 5.75 Å². The summed E-state index contributed by atoms with van der Waals surface area (Å²) in [6.45, 7) is 2.08. The standard InChI is InChI=1S/C19H16ClNO3/c1-3-24-19(22)16-10-13-4-7-14(20)11-17(13)21-18(16)12-5-8-15(23-2)9-6-12/h4-11H,3H2,1-2H3. The van der Waals surface area contributed by atoms with Crippen molar-refractivity contribution in [3.63, 3.8) is 0 Å². The molecule has 122 valence electrons. The predicted octanol–water partition coefficient (Wildman–Crippen LogP) is 4.74. The third-order valence-corrected chi connectivity index (χ3v) is 3.87. The van der Waals surface area contributed by atoms with Crippen molar-refractivity contribution in [3.8, 4) is 17.0 Å². The largest absolute Gasteiger partial charge is 0.497 e. The topological polar surface area (TPSA) is 48.4 Å². The molecule has 3 aromatic rings. The summed E-state index contributed by atoms with van der Waals surface area (Å²) in [5, 5.41) is 1.43. The van der Waals surface area contributed by atoms with Crippen molar-refractivity contribution in [1.82, 2.24) is 4.98 Å². The number of halogens is 1. The van der Waals surface area contributed by atoms with Crippen molar-refractivity contribution < 1.29 is 14.3 Å². The summed E-state index contributed by atoms with van der Waals surface area (Å²) in [4.78, 5) is 17.0. The van der Waals surface area contributed by atoms with Gasteiger partial charge in [0.15, 0.2) is 0 Å². The Labute approximate surface area is 145 Å². The molecule has 0 saturated heterocycles. The Morgan fingerprint density at radius 2 is 1.88 bits per heavy atom. The van der Waals surface area contributed by atoms with Gasteiger partial charge >= 0.3 is 5.97 Å². The summed E-state index contributed by atoms with van der Waals surface area (Å²) >= 11 is 6.06. The highest BCUT2D eigenvalue weighted by Crippen LogP contribution is 2.29. The molecular formula is C19H16ClNO3. The average Bonchev–Trinajstić information content (AvgIpc) is 2.61. The first-order valence-corrected chi connectivity index (χ1v) is 7.92. The second-order valence-corrected chi connectivity index (χ2v) is 5.61. The van der Waals surface area contributed by atoms with Gasteiger partial charge < -0.3 is 9.47 Å². The van der Waals surface area contributed by atoms with Crippen LogP contribution in [-0.2, 0) is 4.74 Å². The number of methoxy groups -OCH3 is 1. The molecule has 0 radical (unpaired) electrons. The summed E-state index contributed by atoms with van der Waals surface area (Å²) in [6.07, 6.45) is 0. The van der Waals surface area contributed by atoms with Gasteiger partial charge in [-0.2, -0.15) is 0 Å². The summed E-state index contributed by atoms with van der Waals surface area (Å²) < 4.78 is 10.4. The Morgan fingerprint density at radius 3 is 2.54 bits per heavy atom. The van der Waals surface area contributed by atoms with Gasteiger partial charge in [0, 0.05) is 16.0 Å². The predicted molar refractivity (Wildman–Crippen MR) is 94.7 cm³/mol. The molecule has 0 fully saturated rings. The normalized spacial score (nSPS) is 10.6. The summed E-state index contributed by atoms with van der Waals surface area (Å²) in [6, 6.07) is 14.6. The Balaban J connectivity index is 2.20. The van der Waals surface area contributed by atoms with Crippen LogP contribution in [0.25, 0.3) is 22.2 Å². The Morgan fingerprint density at radius 1 is 1.12 bits per heavy atom. The molecule has 2 aromatic carbocycles. The number of aromatic nitrogens is 1. The molecule has 0 aliphatic heterocycles. The molecule has 0 atom stereocenters. The van der Waals surface area contributed by atoms with E-state index in [-0.39, 0.29) is 0 Å². The molecule has 24 heavy (non-hydrogen) atoms. The van der Waals surface area contributed by atoms with E-state index in [1.165, 1.54) is 0 Å². The number of pyridine rings is 1. The van der Waals surface area contributed by atoms with Crippen LogP contribution >= 0.6 is 11.6 Å². The van der Waals surface area contributed by atoms with Crippen molar-refractivity contribution in [2.24, 2.45) is 0 Å². The van der Waals surface area contributed by atoms with Crippen molar-refractivity contribution in [2.75, 3.05) is 13.7 Å². The average molecular weight is 342 g/mol. The third kappa shape index (κ3) is 3.19. The monoisotopic (exact) mass is 341 g/mol. The molecule has 1 heterocycles. The van der Waals surface area contributed by atoms with E-state index in [9.17, 15) is 4.79 Å². The zero-order valence-electron chi connectivity index (χ0n) is 13.4. The minimum Gasteiger partial charge on any atom is -0.497 e. The lowest BCUT2D eigenvalue weighted by Gasteiger charge is -2.11. The lowest BCUT2D eigenvalue weighted by molar-refractivity contribution is 0.0527. The molecule has 0 amide bonds. The summed E-state index contributed by atoms with van der Waals surface area (Å²) in [5.74, 6) is 0.341. The second kappa shape index (κ2) is 6.89. The number of fused-ring (bicyclic) bond motifs is 1. The fraction of sp³-hybridized carbons (Fsp3) is 0.158. The van der Waals surface area contributed by atoms with Crippen LogP contribution in [0.1, 0.15) is 17.3 Å². The van der Waals surface area contributed by atoms with Crippen LogP contribution in [0.15, 0.2) is 48.5 Å². The minimum absolute atomic E-state index is 0.305. The van der Waals surface area contributed by atoms with Gasteiger partial charge in [0.25, 0.3) is 0 Å². The molecular weight excluding hydrogens is 326 g/mol. The van der Waals surface area contributed by atoms with Crippen LogP contribution in [0.2, 0.25) is 5.02 Å². The summed E-state index contributed by atoms with van der Waals surface area (Å²) in [7, 11) is 1.61. The Hall–Kier alpha value is -2.59. The van der Waals surface area contributed by atoms with Crippen LogP contribution in [0.3, 0.4) is 0 Å². The number of rotatable bonds is 4. The number of benzene rings is 2. The van der Waals surface area contributed by atoms with Crippen molar-refractivity contribution in [3.05, 3.63) is 59.1 Å². The van der Waals surface area contributed by atoms with Crippen LogP contribution in [-0.4, -0.2) is 24.7 Å². The minimum atomic E-state index is -0.396. The van der Waals surface area contributed by atoms with E-state index in [0.29, 0.717) is 22.9 Å². The molecule has 0 spiro atoms. The van der Waals surface area contributed by atoms with Crippen molar-refractivity contribution in [1.29, 1.82) is 0 Å². The lowest BCUT2D eigenvalue weighted by atomic mass is 10.0. The maximum atomic E-state index is 12.4. The number of ether oxygens (including phenoxy) is 2. The van der Waals surface area contributed by atoms with E-state index in [2.05, 4.69) is 4.98 Å². The Kier molecular flexibility index (Phi) is 4.67. The Bertz CT molecular complexity index is 891. The molecule has 0 N–H and O–H groups in total. The molecule has 3 rings (SSSR count). The molecule has 5 heteroatoms. The zero-order chi connectivity index (χ0) is 17.1. The van der Waals surface area contributed by atoms with Crippen molar-refractivity contribution in [2.45, 2.75) is 6.92 Å². The first kappa shape index (κ1) is 16.3. The van der Waals surface area contributed by atoms with E-state index < -0.39 is 5.97 Å². The SMILES string of the molecule is CCOC(=O)c1cc2ccc(Cl)cc2nc1-c1ccc(OC)cc1. The van der Waals surface area contributed by atoms with Gasteiger partial charge in [-0.3, -0.25) is 0 Å². The maximum Gasteiger partial charge on any atom is 0.340 e. The van der Waals surface area contributed by atoms with Gasteiger partial charge in [-0.15, -0.1) is 0 Å². The molecule has 1 aromatic heterocycles. The molecule has 4 nitrogen and oxygen atoms in total. The number of esters is 1. The highest BCUT2D eigenvalue weighted by molar-refractivity contribution is 6.31. The van der Waals surface area contributed by atoms with Gasteiger partial charge in [-0.1, -0.05) is 17.7 Å². The molecule has 0 bridgehead atoms. The van der Waals surface area contributed by atoms with Crippen LogP contribution in [0.5, 0.6) is 5.75 Å². The van der Waals surface area contributed by atoms with Gasteiger partial charge in [0.2, 0.25) is 0 Å². The smallest absolute Gasteiger partial charge is 0.340 e. The van der Waals surface area contributed by atoms with E-state index in [1.54, 1.807) is 32.2 Å². The van der Waals surface area contributed by atoms with Gasteiger partial charge in [-0.25, -0.2) is 9.78 Å². The first-order valence-electron chi connectivity index (χ1n) is 7.54. The van der Waals surface area contributed by atoms with Crippen LogP contribution in [0, 0.1) is 0 Å². The highest BCUT2D eigenvalue weighted by atomic mass is 35.5. The molecule has 0 unspecified atom stereocenters. The van der Waals surface area contributed by atoms with Crippen molar-refractivity contribution >= 4 is 28.5 Å². The quantitative estimate of drug-likeness (QED) is 0.643. The number of carbonyl (C=O) groups is 1. The fourth-order valence-electron chi connectivity index (χ4n) is 2.47. The van der Waals surface area contributed by atoms with E-state index in [0.717, 1.165) is 22.2 Å². The lowest BCUT2D eigenvalue weighted by Crippen LogP contribution is -2.08. The molecule has 0 aliphatic rings.